The largest absolute Gasteiger partial charge is 0.456 e. The minimum atomic E-state index is -0.461. The maximum atomic E-state index is 12.2. The Bertz CT molecular complexity index is 1280. The SMILES string of the molecule is O=C(/C=C/c1ccc(-c2ccccc2[N+](=O)[O-])o1)Nc1nc(-c2ccc(Br)cc2)cs1. The van der Waals surface area contributed by atoms with Crippen molar-refractivity contribution in [2.45, 2.75) is 0 Å². The minimum absolute atomic E-state index is 0.0459. The maximum absolute atomic E-state index is 12.2. The van der Waals surface area contributed by atoms with Gasteiger partial charge in [-0.2, -0.15) is 0 Å². The molecule has 0 atom stereocenters. The molecule has 0 aliphatic carbocycles. The van der Waals surface area contributed by atoms with E-state index in [9.17, 15) is 14.9 Å². The molecule has 0 fully saturated rings. The fourth-order valence-electron chi connectivity index (χ4n) is 2.82. The number of halogens is 1. The van der Waals surface area contributed by atoms with Crippen molar-refractivity contribution in [2.75, 3.05) is 5.32 Å². The minimum Gasteiger partial charge on any atom is -0.456 e. The molecule has 7 nitrogen and oxygen atoms in total. The standard InChI is InChI=1S/C22H14BrN3O4S/c23-15-7-5-14(6-8-15)18-13-31-22(24-18)25-21(27)12-10-16-9-11-20(30-16)17-3-1-2-4-19(17)26(28)29/h1-13H,(H,24,25,27)/b12-10+. The average Bonchev–Trinajstić information content (AvgIpc) is 3.42. The fourth-order valence-corrected chi connectivity index (χ4v) is 3.80. The van der Waals surface area contributed by atoms with Crippen molar-refractivity contribution in [3.8, 4) is 22.6 Å². The molecule has 9 heteroatoms. The number of hydrogen-bond donors (Lipinski definition) is 1. The zero-order chi connectivity index (χ0) is 21.8. The zero-order valence-electron chi connectivity index (χ0n) is 15.8. The number of carbonyl (C=O) groups is 1. The summed E-state index contributed by atoms with van der Waals surface area (Å²) in [4.78, 5) is 27.4. The topological polar surface area (TPSA) is 98.3 Å². The predicted molar refractivity (Wildman–Crippen MR) is 124 cm³/mol. The Morgan fingerprint density at radius 1 is 1.13 bits per heavy atom. The first kappa shape index (κ1) is 20.7. The molecular weight excluding hydrogens is 482 g/mol. The monoisotopic (exact) mass is 495 g/mol. The highest BCUT2D eigenvalue weighted by atomic mass is 79.9. The van der Waals surface area contributed by atoms with E-state index < -0.39 is 4.92 Å². The van der Waals surface area contributed by atoms with Gasteiger partial charge in [0.25, 0.3) is 5.69 Å². The number of nitrogens with zero attached hydrogens (tertiary/aromatic N) is 2. The van der Waals surface area contributed by atoms with E-state index in [-0.39, 0.29) is 11.6 Å². The van der Waals surface area contributed by atoms with Crippen LogP contribution in [0.2, 0.25) is 0 Å². The summed E-state index contributed by atoms with van der Waals surface area (Å²) in [6.07, 6.45) is 2.82. The smallest absolute Gasteiger partial charge is 0.280 e. The van der Waals surface area contributed by atoms with Gasteiger partial charge in [-0.3, -0.25) is 20.2 Å². The lowest BCUT2D eigenvalue weighted by atomic mass is 10.1. The number of nitrogens with one attached hydrogen (secondary N) is 1. The first-order valence-electron chi connectivity index (χ1n) is 9.04. The number of thiazole rings is 1. The van der Waals surface area contributed by atoms with Crippen LogP contribution in [0.1, 0.15) is 5.76 Å². The second-order valence-electron chi connectivity index (χ2n) is 6.34. The van der Waals surface area contributed by atoms with Crippen LogP contribution in [0.4, 0.5) is 10.8 Å². The van der Waals surface area contributed by atoms with Crippen LogP contribution in [-0.4, -0.2) is 15.8 Å². The van der Waals surface area contributed by atoms with E-state index >= 15 is 0 Å². The number of nitro groups is 1. The van der Waals surface area contributed by atoms with E-state index in [0.717, 1.165) is 15.7 Å². The molecule has 0 radical (unpaired) electrons. The molecule has 0 spiro atoms. The number of benzene rings is 2. The fraction of sp³-hybridized carbons (Fsp3) is 0. The summed E-state index contributed by atoms with van der Waals surface area (Å²) < 4.78 is 6.62. The van der Waals surface area contributed by atoms with Gasteiger partial charge in [-0.15, -0.1) is 11.3 Å². The number of carbonyl (C=O) groups excluding carboxylic acids is 1. The zero-order valence-corrected chi connectivity index (χ0v) is 18.2. The van der Waals surface area contributed by atoms with Crippen LogP contribution >= 0.6 is 27.3 Å². The molecule has 2 aromatic heterocycles. The van der Waals surface area contributed by atoms with Crippen molar-refractivity contribution in [1.82, 2.24) is 4.98 Å². The van der Waals surface area contributed by atoms with Gasteiger partial charge in [0.05, 0.1) is 16.2 Å². The third kappa shape index (κ3) is 4.96. The lowest BCUT2D eigenvalue weighted by Crippen LogP contribution is -2.07. The molecule has 0 bridgehead atoms. The van der Waals surface area contributed by atoms with E-state index in [1.54, 1.807) is 30.3 Å². The molecule has 2 heterocycles. The Hall–Kier alpha value is -3.56. The summed E-state index contributed by atoms with van der Waals surface area (Å²) in [6, 6.07) is 17.3. The Balaban J connectivity index is 1.43. The number of anilines is 1. The van der Waals surface area contributed by atoms with Crippen molar-refractivity contribution in [3.63, 3.8) is 0 Å². The first-order chi connectivity index (χ1) is 15.0. The van der Waals surface area contributed by atoms with E-state index in [1.807, 2.05) is 29.6 Å². The van der Waals surface area contributed by atoms with Crippen molar-refractivity contribution in [2.24, 2.45) is 0 Å². The number of amides is 1. The molecule has 0 aliphatic rings. The summed E-state index contributed by atoms with van der Waals surface area (Å²) in [6.45, 7) is 0. The Morgan fingerprint density at radius 3 is 2.68 bits per heavy atom. The lowest BCUT2D eigenvalue weighted by molar-refractivity contribution is -0.384. The quantitative estimate of drug-likeness (QED) is 0.189. The van der Waals surface area contributed by atoms with Crippen LogP contribution in [0.15, 0.2) is 81.0 Å². The van der Waals surface area contributed by atoms with Gasteiger partial charge in [-0.25, -0.2) is 4.98 Å². The molecule has 4 aromatic rings. The number of furan rings is 1. The van der Waals surface area contributed by atoms with Gasteiger partial charge in [0.2, 0.25) is 5.91 Å². The maximum Gasteiger partial charge on any atom is 0.280 e. The van der Waals surface area contributed by atoms with Crippen molar-refractivity contribution in [3.05, 3.63) is 92.5 Å². The molecule has 0 unspecified atom stereocenters. The van der Waals surface area contributed by atoms with Crippen LogP contribution in [0.5, 0.6) is 0 Å². The molecule has 31 heavy (non-hydrogen) atoms. The molecule has 1 N–H and O–H groups in total. The summed E-state index contributed by atoms with van der Waals surface area (Å²) in [5, 5.41) is 16.3. The number of rotatable bonds is 6. The average molecular weight is 496 g/mol. The Morgan fingerprint density at radius 2 is 1.90 bits per heavy atom. The normalized spacial score (nSPS) is 11.0. The number of aromatic nitrogens is 1. The van der Waals surface area contributed by atoms with Crippen LogP contribution in [0, 0.1) is 10.1 Å². The van der Waals surface area contributed by atoms with Gasteiger partial charge in [-0.1, -0.05) is 40.2 Å². The van der Waals surface area contributed by atoms with Crippen LogP contribution in [0.25, 0.3) is 28.7 Å². The van der Waals surface area contributed by atoms with Gasteiger partial charge >= 0.3 is 0 Å². The van der Waals surface area contributed by atoms with E-state index in [0.29, 0.717) is 22.2 Å². The third-order valence-corrected chi connectivity index (χ3v) is 5.55. The second kappa shape index (κ2) is 9.07. The van der Waals surface area contributed by atoms with E-state index in [2.05, 4.69) is 26.2 Å². The second-order valence-corrected chi connectivity index (χ2v) is 8.12. The molecular formula is C22H14BrN3O4S. The Kier molecular flexibility index (Phi) is 6.06. The van der Waals surface area contributed by atoms with Gasteiger partial charge in [-0.05, 0) is 36.4 Å². The van der Waals surface area contributed by atoms with Gasteiger partial charge in [0, 0.05) is 27.6 Å². The highest BCUT2D eigenvalue weighted by Gasteiger charge is 2.16. The summed E-state index contributed by atoms with van der Waals surface area (Å²) in [7, 11) is 0. The predicted octanol–water partition coefficient (Wildman–Crippen LogP) is 6.39. The van der Waals surface area contributed by atoms with Gasteiger partial charge < -0.3 is 4.42 Å². The lowest BCUT2D eigenvalue weighted by Gasteiger charge is -1.99. The molecule has 4 rings (SSSR count). The number of nitro benzene ring substituents is 1. The van der Waals surface area contributed by atoms with Crippen LogP contribution in [0.3, 0.4) is 0 Å². The highest BCUT2D eigenvalue weighted by Crippen LogP contribution is 2.31. The first-order valence-corrected chi connectivity index (χ1v) is 10.7. The van der Waals surface area contributed by atoms with Crippen molar-refractivity contribution in [1.29, 1.82) is 0 Å². The van der Waals surface area contributed by atoms with Gasteiger partial charge in [0.15, 0.2) is 5.13 Å². The highest BCUT2D eigenvalue weighted by molar-refractivity contribution is 9.10. The van der Waals surface area contributed by atoms with Crippen molar-refractivity contribution < 1.29 is 14.1 Å². The number of hydrogen-bond acceptors (Lipinski definition) is 6. The van der Waals surface area contributed by atoms with E-state index in [4.69, 9.17) is 4.42 Å². The molecule has 0 aliphatic heterocycles. The Labute approximate surface area is 189 Å². The molecule has 2 aromatic carbocycles. The molecule has 0 saturated heterocycles. The summed E-state index contributed by atoms with van der Waals surface area (Å²) in [5.41, 5.74) is 2.06. The number of para-hydroxylation sites is 1. The van der Waals surface area contributed by atoms with Crippen molar-refractivity contribution >= 4 is 50.1 Å². The molecule has 1 amide bonds. The van der Waals surface area contributed by atoms with Crippen LogP contribution in [-0.2, 0) is 4.79 Å². The summed E-state index contributed by atoms with van der Waals surface area (Å²) >= 11 is 4.73. The van der Waals surface area contributed by atoms with Gasteiger partial charge in [0.1, 0.15) is 11.5 Å². The molecule has 154 valence electrons. The molecule has 0 saturated carbocycles. The van der Waals surface area contributed by atoms with E-state index in [1.165, 1.54) is 29.6 Å². The van der Waals surface area contributed by atoms with Crippen LogP contribution < -0.4 is 5.32 Å². The summed E-state index contributed by atoms with van der Waals surface area (Å²) in [5.74, 6) is 0.393. The third-order valence-electron chi connectivity index (χ3n) is 4.27.